The van der Waals surface area contributed by atoms with E-state index in [0.29, 0.717) is 45.1 Å². The van der Waals surface area contributed by atoms with Crippen LogP contribution >= 0.6 is 0 Å². The van der Waals surface area contributed by atoms with Crippen molar-refractivity contribution >= 4 is 11.7 Å². The molecule has 1 aromatic carbocycles. The van der Waals surface area contributed by atoms with E-state index in [0.717, 1.165) is 22.3 Å². The summed E-state index contributed by atoms with van der Waals surface area (Å²) in [4.78, 5) is 38.8. The van der Waals surface area contributed by atoms with Crippen LogP contribution in [0.25, 0.3) is 0 Å². The molecule has 1 amide bonds. The van der Waals surface area contributed by atoms with Gasteiger partial charge in [0, 0.05) is 13.1 Å². The summed E-state index contributed by atoms with van der Waals surface area (Å²) >= 11 is 0. The number of hydrogen-bond acceptors (Lipinski definition) is 5. The van der Waals surface area contributed by atoms with E-state index in [1.54, 1.807) is 0 Å². The third-order valence-corrected chi connectivity index (χ3v) is 5.98. The highest BCUT2D eigenvalue weighted by atomic mass is 16.7. The molecule has 0 aliphatic carbocycles. The second-order valence-corrected chi connectivity index (χ2v) is 8.81. The fraction of sp³-hybridized carbons (Fsp3) is 0.652. The molecule has 1 atom stereocenters. The number of hydroxylamine groups is 4. The maximum absolute atomic E-state index is 13.7. The minimum atomic E-state index is -0.904. The largest absolute Gasteiger partial charge is 0.299 e. The molecule has 3 rings (SSSR count). The van der Waals surface area contributed by atoms with E-state index in [-0.39, 0.29) is 11.7 Å². The molecule has 1 spiro atoms. The zero-order valence-electron chi connectivity index (χ0n) is 18.6. The Kier molecular flexibility index (Phi) is 6.46. The fourth-order valence-electron chi connectivity index (χ4n) is 4.72. The van der Waals surface area contributed by atoms with Gasteiger partial charge in [-0.3, -0.25) is 19.3 Å². The van der Waals surface area contributed by atoms with Crippen LogP contribution < -0.4 is 0 Å². The van der Waals surface area contributed by atoms with Crippen LogP contribution in [-0.4, -0.2) is 53.7 Å². The van der Waals surface area contributed by atoms with E-state index in [2.05, 4.69) is 13.8 Å². The van der Waals surface area contributed by atoms with Gasteiger partial charge in [0.15, 0.2) is 5.78 Å². The van der Waals surface area contributed by atoms with Crippen LogP contribution in [0.4, 0.5) is 0 Å². The van der Waals surface area contributed by atoms with Crippen molar-refractivity contribution in [2.45, 2.75) is 65.8 Å². The summed E-state index contributed by atoms with van der Waals surface area (Å²) in [6, 6.07) is 4.09. The van der Waals surface area contributed by atoms with Crippen LogP contribution in [0, 0.1) is 26.7 Å². The van der Waals surface area contributed by atoms with Crippen molar-refractivity contribution in [3.05, 3.63) is 34.4 Å². The minimum absolute atomic E-state index is 0.0329. The van der Waals surface area contributed by atoms with Crippen molar-refractivity contribution in [1.82, 2.24) is 10.1 Å². The zero-order chi connectivity index (χ0) is 21.3. The number of carbonyl (C=O) groups is 2. The number of benzene rings is 1. The van der Waals surface area contributed by atoms with E-state index in [1.807, 2.05) is 44.9 Å². The van der Waals surface area contributed by atoms with Gasteiger partial charge in [-0.1, -0.05) is 31.5 Å². The number of piperidine rings is 1. The SMILES string of the molecule is CCON1C(=O)C(c2c(C)cc(C)cc2C)C(=O)C12CCN(OCC(C)C)CC2. The summed E-state index contributed by atoms with van der Waals surface area (Å²) < 4.78 is 0. The first-order valence-electron chi connectivity index (χ1n) is 10.7. The second kappa shape index (κ2) is 8.54. The second-order valence-electron chi connectivity index (χ2n) is 8.81. The van der Waals surface area contributed by atoms with Crippen LogP contribution in [0.15, 0.2) is 12.1 Å². The van der Waals surface area contributed by atoms with Gasteiger partial charge in [0.1, 0.15) is 11.5 Å². The van der Waals surface area contributed by atoms with Gasteiger partial charge in [-0.15, -0.1) is 0 Å². The number of nitrogens with zero attached hydrogens (tertiary/aromatic N) is 2. The number of amides is 1. The lowest BCUT2D eigenvalue weighted by Gasteiger charge is -2.41. The van der Waals surface area contributed by atoms with Crippen LogP contribution in [0.1, 0.15) is 61.8 Å². The summed E-state index contributed by atoms with van der Waals surface area (Å²) in [7, 11) is 0. The van der Waals surface area contributed by atoms with Gasteiger partial charge in [-0.25, -0.2) is 5.06 Å². The first kappa shape index (κ1) is 21.9. The first-order chi connectivity index (χ1) is 13.7. The van der Waals surface area contributed by atoms with Crippen molar-refractivity contribution in [1.29, 1.82) is 0 Å². The van der Waals surface area contributed by atoms with E-state index in [9.17, 15) is 9.59 Å². The maximum atomic E-state index is 13.7. The molecule has 2 aliphatic rings. The zero-order valence-corrected chi connectivity index (χ0v) is 18.6. The molecule has 6 heteroatoms. The quantitative estimate of drug-likeness (QED) is 0.682. The van der Waals surface area contributed by atoms with Crippen molar-refractivity contribution in [2.75, 3.05) is 26.3 Å². The maximum Gasteiger partial charge on any atom is 0.262 e. The molecule has 1 aromatic rings. The lowest BCUT2D eigenvalue weighted by molar-refractivity contribution is -0.235. The molecule has 0 aromatic heterocycles. The third-order valence-electron chi connectivity index (χ3n) is 5.98. The van der Waals surface area contributed by atoms with E-state index in [4.69, 9.17) is 9.68 Å². The molecular formula is C23H34N2O4. The van der Waals surface area contributed by atoms with Gasteiger partial charge in [0.2, 0.25) is 0 Å². The number of Topliss-reactive ketones (excluding diaryl/α,β-unsaturated/α-hetero) is 1. The van der Waals surface area contributed by atoms with E-state index in [1.165, 1.54) is 5.06 Å². The predicted octanol–water partition coefficient (Wildman–Crippen LogP) is 3.48. The first-order valence-corrected chi connectivity index (χ1v) is 10.7. The Morgan fingerprint density at radius 2 is 1.66 bits per heavy atom. The summed E-state index contributed by atoms with van der Waals surface area (Å²) in [6.45, 7) is 14.3. The third kappa shape index (κ3) is 3.98. The van der Waals surface area contributed by atoms with Crippen molar-refractivity contribution in [3.8, 4) is 0 Å². The number of ketones is 1. The Bertz CT molecular complexity index is 758. The Labute approximate surface area is 174 Å². The van der Waals surface area contributed by atoms with Gasteiger partial charge >= 0.3 is 0 Å². The topological polar surface area (TPSA) is 59.1 Å². The highest BCUT2D eigenvalue weighted by Crippen LogP contribution is 2.44. The predicted molar refractivity (Wildman–Crippen MR) is 111 cm³/mol. The molecule has 160 valence electrons. The van der Waals surface area contributed by atoms with Gasteiger partial charge in [-0.05, 0) is 63.1 Å². The Morgan fingerprint density at radius 1 is 1.07 bits per heavy atom. The fourth-order valence-corrected chi connectivity index (χ4v) is 4.72. The molecule has 0 radical (unpaired) electrons. The van der Waals surface area contributed by atoms with Crippen LogP contribution in [0.2, 0.25) is 0 Å². The standard InChI is InChI=1S/C23H34N2O4/c1-7-28-25-22(27)20(19-17(5)12-16(4)13-18(19)6)21(26)23(25)8-10-24(11-9-23)29-14-15(2)3/h12-13,15,20H,7-11,14H2,1-6H3. The lowest BCUT2D eigenvalue weighted by Crippen LogP contribution is -2.56. The Balaban J connectivity index is 1.91. The average molecular weight is 403 g/mol. The molecule has 6 nitrogen and oxygen atoms in total. The minimum Gasteiger partial charge on any atom is -0.299 e. The monoisotopic (exact) mass is 402 g/mol. The smallest absolute Gasteiger partial charge is 0.262 e. The highest BCUT2D eigenvalue weighted by molar-refractivity contribution is 6.17. The van der Waals surface area contributed by atoms with Gasteiger partial charge in [0.05, 0.1) is 13.2 Å². The molecule has 0 N–H and O–H groups in total. The van der Waals surface area contributed by atoms with Crippen LogP contribution in [-0.2, 0) is 19.3 Å². The number of hydrogen-bond donors (Lipinski definition) is 0. The number of rotatable bonds is 6. The van der Waals surface area contributed by atoms with Crippen LogP contribution in [0.3, 0.4) is 0 Å². The molecule has 2 heterocycles. The summed E-state index contributed by atoms with van der Waals surface area (Å²) in [5.41, 5.74) is 3.04. The summed E-state index contributed by atoms with van der Waals surface area (Å²) in [5.74, 6) is -0.611. The molecule has 0 saturated carbocycles. The van der Waals surface area contributed by atoms with Gasteiger partial charge < -0.3 is 0 Å². The normalized spacial score (nSPS) is 22.3. The van der Waals surface area contributed by atoms with Gasteiger partial charge in [-0.2, -0.15) is 5.06 Å². The summed E-state index contributed by atoms with van der Waals surface area (Å²) in [6.07, 6.45) is 1.05. The Morgan fingerprint density at radius 3 is 2.17 bits per heavy atom. The molecule has 2 saturated heterocycles. The molecule has 1 unspecified atom stereocenters. The Hall–Kier alpha value is -1.76. The lowest BCUT2D eigenvalue weighted by atomic mass is 9.79. The molecule has 2 fully saturated rings. The number of carbonyl (C=O) groups excluding carboxylic acids is 2. The van der Waals surface area contributed by atoms with Gasteiger partial charge in [0.25, 0.3) is 5.91 Å². The molecule has 29 heavy (non-hydrogen) atoms. The van der Waals surface area contributed by atoms with E-state index >= 15 is 0 Å². The average Bonchev–Trinajstić information content (AvgIpc) is 2.83. The highest BCUT2D eigenvalue weighted by Gasteiger charge is 2.61. The molecular weight excluding hydrogens is 368 g/mol. The van der Waals surface area contributed by atoms with E-state index < -0.39 is 11.5 Å². The van der Waals surface area contributed by atoms with Crippen molar-refractivity contribution in [3.63, 3.8) is 0 Å². The molecule has 2 aliphatic heterocycles. The molecule has 0 bridgehead atoms. The van der Waals surface area contributed by atoms with Crippen LogP contribution in [0.5, 0.6) is 0 Å². The van der Waals surface area contributed by atoms with Crippen molar-refractivity contribution < 1.29 is 19.3 Å². The summed E-state index contributed by atoms with van der Waals surface area (Å²) in [5, 5.41) is 3.32. The van der Waals surface area contributed by atoms with Crippen molar-refractivity contribution in [2.24, 2.45) is 5.92 Å². The number of aryl methyl sites for hydroxylation is 3.